The first-order valence-electron chi connectivity index (χ1n) is 5.59. The Morgan fingerprint density at radius 2 is 1.94 bits per heavy atom. The van der Waals surface area contributed by atoms with Gasteiger partial charge in [-0.3, -0.25) is 0 Å². The summed E-state index contributed by atoms with van der Waals surface area (Å²) in [7, 11) is 0. The van der Waals surface area contributed by atoms with Gasteiger partial charge in [-0.25, -0.2) is 4.39 Å². The highest BCUT2D eigenvalue weighted by Crippen LogP contribution is 2.37. The standard InChI is InChI=1S/C12H12BrF4N/c13-6-9-10(14)2-1-3-11(9)18(8-4-5-8)7-12(15,16)17/h1-3,8H,4-7H2. The van der Waals surface area contributed by atoms with Crippen molar-refractivity contribution >= 4 is 21.6 Å². The fraction of sp³-hybridized carbons (Fsp3) is 0.500. The van der Waals surface area contributed by atoms with E-state index in [0.717, 1.165) is 12.8 Å². The van der Waals surface area contributed by atoms with E-state index in [2.05, 4.69) is 15.9 Å². The van der Waals surface area contributed by atoms with Crippen molar-refractivity contribution in [2.45, 2.75) is 30.4 Å². The zero-order valence-corrected chi connectivity index (χ0v) is 11.1. The molecule has 18 heavy (non-hydrogen) atoms. The van der Waals surface area contributed by atoms with Gasteiger partial charge >= 0.3 is 6.18 Å². The molecule has 2 rings (SSSR count). The third-order valence-corrected chi connectivity index (χ3v) is 3.44. The Bertz CT molecular complexity index is 429. The Morgan fingerprint density at radius 3 is 2.44 bits per heavy atom. The molecule has 1 aliphatic carbocycles. The van der Waals surface area contributed by atoms with Crippen molar-refractivity contribution in [2.75, 3.05) is 11.4 Å². The first-order valence-corrected chi connectivity index (χ1v) is 6.71. The maximum absolute atomic E-state index is 13.6. The van der Waals surface area contributed by atoms with Crippen LogP contribution < -0.4 is 4.90 Å². The molecule has 0 spiro atoms. The molecule has 1 aromatic carbocycles. The highest BCUT2D eigenvalue weighted by Gasteiger charge is 2.39. The summed E-state index contributed by atoms with van der Waals surface area (Å²) >= 11 is 3.13. The van der Waals surface area contributed by atoms with E-state index in [1.54, 1.807) is 6.07 Å². The maximum Gasteiger partial charge on any atom is 0.405 e. The van der Waals surface area contributed by atoms with Crippen LogP contribution in [-0.4, -0.2) is 18.8 Å². The lowest BCUT2D eigenvalue weighted by Crippen LogP contribution is -2.36. The minimum Gasteiger partial charge on any atom is -0.359 e. The number of anilines is 1. The third-order valence-electron chi connectivity index (χ3n) is 2.87. The van der Waals surface area contributed by atoms with Gasteiger partial charge in [0, 0.05) is 22.6 Å². The normalized spacial score (nSPS) is 15.8. The van der Waals surface area contributed by atoms with E-state index in [1.165, 1.54) is 17.0 Å². The average molecular weight is 326 g/mol. The first-order chi connectivity index (χ1) is 8.42. The second kappa shape index (κ2) is 5.07. The van der Waals surface area contributed by atoms with Crippen molar-refractivity contribution in [3.8, 4) is 0 Å². The van der Waals surface area contributed by atoms with Crippen LogP contribution in [0.3, 0.4) is 0 Å². The van der Waals surface area contributed by atoms with Gasteiger partial charge in [0.1, 0.15) is 12.4 Å². The van der Waals surface area contributed by atoms with Gasteiger partial charge in [0.2, 0.25) is 0 Å². The second-order valence-electron chi connectivity index (χ2n) is 4.35. The van der Waals surface area contributed by atoms with Crippen molar-refractivity contribution in [3.63, 3.8) is 0 Å². The van der Waals surface area contributed by atoms with E-state index < -0.39 is 18.5 Å². The molecular weight excluding hydrogens is 314 g/mol. The Morgan fingerprint density at radius 1 is 1.28 bits per heavy atom. The van der Waals surface area contributed by atoms with Crippen LogP contribution in [0.15, 0.2) is 18.2 Å². The van der Waals surface area contributed by atoms with E-state index in [4.69, 9.17) is 0 Å². The quantitative estimate of drug-likeness (QED) is 0.591. The summed E-state index contributed by atoms with van der Waals surface area (Å²) in [6.07, 6.45) is -2.82. The van der Waals surface area contributed by atoms with Crippen LogP contribution in [0.2, 0.25) is 0 Å². The van der Waals surface area contributed by atoms with Crippen LogP contribution in [0.4, 0.5) is 23.2 Å². The lowest BCUT2D eigenvalue weighted by molar-refractivity contribution is -0.120. The molecule has 100 valence electrons. The molecule has 0 atom stereocenters. The molecule has 6 heteroatoms. The van der Waals surface area contributed by atoms with Crippen molar-refractivity contribution in [1.29, 1.82) is 0 Å². The minimum atomic E-state index is -4.28. The molecule has 0 heterocycles. The number of nitrogens with zero attached hydrogens (tertiary/aromatic N) is 1. The SMILES string of the molecule is Fc1cccc(N(CC(F)(F)F)C2CC2)c1CBr. The first kappa shape index (κ1) is 13.6. The van der Waals surface area contributed by atoms with E-state index in [1.807, 2.05) is 0 Å². The number of hydrogen-bond acceptors (Lipinski definition) is 1. The molecule has 0 amide bonds. The second-order valence-corrected chi connectivity index (χ2v) is 4.91. The Kier molecular flexibility index (Phi) is 3.84. The Balaban J connectivity index is 2.33. The fourth-order valence-electron chi connectivity index (χ4n) is 1.94. The topological polar surface area (TPSA) is 3.24 Å². The zero-order valence-electron chi connectivity index (χ0n) is 9.47. The Hall–Kier alpha value is -0.780. The molecule has 0 aliphatic heterocycles. The van der Waals surface area contributed by atoms with Gasteiger partial charge in [-0.05, 0) is 25.0 Å². The predicted molar refractivity (Wildman–Crippen MR) is 65.5 cm³/mol. The molecule has 0 N–H and O–H groups in total. The van der Waals surface area contributed by atoms with E-state index in [0.29, 0.717) is 5.69 Å². The van der Waals surface area contributed by atoms with Gasteiger partial charge in [0.25, 0.3) is 0 Å². The van der Waals surface area contributed by atoms with Crippen molar-refractivity contribution in [1.82, 2.24) is 0 Å². The molecule has 0 unspecified atom stereocenters. The van der Waals surface area contributed by atoms with Gasteiger partial charge in [-0.15, -0.1) is 0 Å². The van der Waals surface area contributed by atoms with Gasteiger partial charge in [0.05, 0.1) is 0 Å². The van der Waals surface area contributed by atoms with Gasteiger partial charge < -0.3 is 4.90 Å². The molecule has 0 saturated heterocycles. The van der Waals surface area contributed by atoms with Crippen LogP contribution >= 0.6 is 15.9 Å². The van der Waals surface area contributed by atoms with Crippen LogP contribution in [0.5, 0.6) is 0 Å². The van der Waals surface area contributed by atoms with Gasteiger partial charge in [-0.1, -0.05) is 22.0 Å². The molecule has 0 aromatic heterocycles. The fourth-order valence-corrected chi connectivity index (χ4v) is 2.49. The van der Waals surface area contributed by atoms with Crippen LogP contribution in [0.1, 0.15) is 18.4 Å². The highest BCUT2D eigenvalue weighted by atomic mass is 79.9. The average Bonchev–Trinajstić information content (AvgIpc) is 3.08. The highest BCUT2D eigenvalue weighted by molar-refractivity contribution is 9.08. The molecule has 0 bridgehead atoms. The molecule has 1 fully saturated rings. The lowest BCUT2D eigenvalue weighted by Gasteiger charge is -2.28. The largest absolute Gasteiger partial charge is 0.405 e. The molecule has 0 radical (unpaired) electrons. The molecule has 1 aromatic rings. The smallest absolute Gasteiger partial charge is 0.359 e. The van der Waals surface area contributed by atoms with Crippen molar-refractivity contribution in [2.24, 2.45) is 0 Å². The summed E-state index contributed by atoms with van der Waals surface area (Å²) in [5.74, 6) is -0.475. The maximum atomic E-state index is 13.6. The van der Waals surface area contributed by atoms with Crippen molar-refractivity contribution in [3.05, 3.63) is 29.6 Å². The van der Waals surface area contributed by atoms with E-state index >= 15 is 0 Å². The number of hydrogen-bond donors (Lipinski definition) is 0. The van der Waals surface area contributed by atoms with Crippen LogP contribution in [0, 0.1) is 5.82 Å². The minimum absolute atomic E-state index is 0.119. The molecular formula is C12H12BrF4N. The summed E-state index contributed by atoms with van der Waals surface area (Å²) < 4.78 is 51.3. The number of halogens is 5. The van der Waals surface area contributed by atoms with Crippen molar-refractivity contribution < 1.29 is 17.6 Å². The summed E-state index contributed by atoms with van der Waals surface area (Å²) in [6, 6.07) is 4.14. The molecule has 1 saturated carbocycles. The summed E-state index contributed by atoms with van der Waals surface area (Å²) in [4.78, 5) is 1.26. The van der Waals surface area contributed by atoms with E-state index in [9.17, 15) is 17.6 Å². The van der Waals surface area contributed by atoms with Crippen LogP contribution in [0.25, 0.3) is 0 Å². The van der Waals surface area contributed by atoms with Crippen LogP contribution in [-0.2, 0) is 5.33 Å². The Labute approximate surface area is 111 Å². The summed E-state index contributed by atoms with van der Waals surface area (Å²) in [5, 5.41) is 0.204. The number of alkyl halides is 4. The van der Waals surface area contributed by atoms with Gasteiger partial charge in [0.15, 0.2) is 0 Å². The summed E-state index contributed by atoms with van der Waals surface area (Å²) in [6.45, 7) is -1.03. The summed E-state index contributed by atoms with van der Waals surface area (Å²) in [5.41, 5.74) is 0.625. The molecule has 1 aliphatic rings. The lowest BCUT2D eigenvalue weighted by atomic mass is 10.1. The zero-order chi connectivity index (χ0) is 13.3. The van der Waals surface area contributed by atoms with Gasteiger partial charge in [-0.2, -0.15) is 13.2 Å². The number of rotatable bonds is 4. The van der Waals surface area contributed by atoms with E-state index in [-0.39, 0.29) is 16.9 Å². The monoisotopic (exact) mass is 325 g/mol. The predicted octanol–water partition coefficient (Wildman–Crippen LogP) is 4.25. The number of benzene rings is 1. The third kappa shape index (κ3) is 3.16. The molecule has 1 nitrogen and oxygen atoms in total.